The zero-order valence-electron chi connectivity index (χ0n) is 10.4. The molecule has 2 aromatic carbocycles. The molecule has 0 fully saturated rings. The molecule has 0 atom stereocenters. The van der Waals surface area contributed by atoms with E-state index in [2.05, 4.69) is 22.5 Å². The van der Waals surface area contributed by atoms with Crippen LogP contribution >= 0.6 is 15.9 Å². The van der Waals surface area contributed by atoms with Gasteiger partial charge in [0.1, 0.15) is 0 Å². The molecule has 19 heavy (non-hydrogen) atoms. The van der Waals surface area contributed by atoms with Gasteiger partial charge in [0.15, 0.2) is 0 Å². The second kappa shape index (κ2) is 6.34. The van der Waals surface area contributed by atoms with Gasteiger partial charge in [0.05, 0.1) is 0 Å². The van der Waals surface area contributed by atoms with Gasteiger partial charge in [-0.05, 0) is 29.8 Å². The van der Waals surface area contributed by atoms with Crippen molar-refractivity contribution in [2.75, 3.05) is 4.90 Å². The predicted octanol–water partition coefficient (Wildman–Crippen LogP) is 4.37. The van der Waals surface area contributed by atoms with E-state index < -0.39 is 0 Å². The van der Waals surface area contributed by atoms with Crippen LogP contribution in [0.1, 0.15) is 15.9 Å². The molecule has 0 saturated heterocycles. The van der Waals surface area contributed by atoms with Gasteiger partial charge >= 0.3 is 0 Å². The van der Waals surface area contributed by atoms with Crippen molar-refractivity contribution in [3.63, 3.8) is 0 Å². The Morgan fingerprint density at radius 3 is 2.26 bits per heavy atom. The zero-order valence-corrected chi connectivity index (χ0v) is 12.0. The third kappa shape index (κ3) is 3.12. The summed E-state index contributed by atoms with van der Waals surface area (Å²) in [6, 6.07) is 17.0. The Hall–Kier alpha value is -1.87. The SMILES string of the molecule is C=CN(C(=O)c1ccccc1)c1ccc(CBr)cc1. The van der Waals surface area contributed by atoms with Crippen molar-refractivity contribution in [3.8, 4) is 0 Å². The standard InChI is InChI=1S/C16H14BrNO/c1-2-18(15-10-8-13(12-17)9-11-15)16(19)14-6-4-3-5-7-14/h2-11H,1,12H2. The molecule has 0 heterocycles. The van der Waals surface area contributed by atoms with Gasteiger partial charge in [-0.3, -0.25) is 9.69 Å². The minimum absolute atomic E-state index is 0.0813. The largest absolute Gasteiger partial charge is 0.284 e. The fraction of sp³-hybridized carbons (Fsp3) is 0.0625. The van der Waals surface area contributed by atoms with E-state index in [-0.39, 0.29) is 5.91 Å². The molecule has 0 N–H and O–H groups in total. The number of carbonyl (C=O) groups is 1. The molecule has 0 unspecified atom stereocenters. The van der Waals surface area contributed by atoms with Gasteiger partial charge < -0.3 is 0 Å². The molecule has 2 nitrogen and oxygen atoms in total. The Labute approximate surface area is 121 Å². The molecule has 0 radical (unpaired) electrons. The van der Waals surface area contributed by atoms with Crippen molar-refractivity contribution in [2.45, 2.75) is 5.33 Å². The summed E-state index contributed by atoms with van der Waals surface area (Å²) in [5.41, 5.74) is 2.63. The lowest BCUT2D eigenvalue weighted by atomic mass is 10.1. The van der Waals surface area contributed by atoms with Crippen LogP contribution in [-0.4, -0.2) is 5.91 Å². The summed E-state index contributed by atoms with van der Waals surface area (Å²) >= 11 is 3.40. The summed E-state index contributed by atoms with van der Waals surface area (Å²) in [6.45, 7) is 3.72. The fourth-order valence-corrected chi connectivity index (χ4v) is 2.14. The summed E-state index contributed by atoms with van der Waals surface area (Å²) in [5.74, 6) is -0.0813. The average molecular weight is 316 g/mol. The van der Waals surface area contributed by atoms with Crippen molar-refractivity contribution < 1.29 is 4.79 Å². The van der Waals surface area contributed by atoms with Crippen LogP contribution in [0.15, 0.2) is 67.4 Å². The Morgan fingerprint density at radius 2 is 1.74 bits per heavy atom. The molecule has 1 amide bonds. The number of alkyl halides is 1. The van der Waals surface area contributed by atoms with Crippen LogP contribution in [0.2, 0.25) is 0 Å². The molecule has 0 aromatic heterocycles. The van der Waals surface area contributed by atoms with Crippen molar-refractivity contribution in [1.82, 2.24) is 0 Å². The summed E-state index contributed by atoms with van der Waals surface area (Å²) < 4.78 is 0. The Morgan fingerprint density at radius 1 is 1.11 bits per heavy atom. The van der Waals surface area contributed by atoms with Gasteiger partial charge in [-0.25, -0.2) is 0 Å². The van der Waals surface area contributed by atoms with Crippen molar-refractivity contribution in [2.24, 2.45) is 0 Å². The summed E-state index contributed by atoms with van der Waals surface area (Å²) in [5, 5.41) is 0.800. The maximum absolute atomic E-state index is 12.4. The lowest BCUT2D eigenvalue weighted by Crippen LogP contribution is -2.24. The zero-order chi connectivity index (χ0) is 13.7. The molecule has 0 bridgehead atoms. The van der Waals surface area contributed by atoms with Gasteiger partial charge in [-0.2, -0.15) is 0 Å². The van der Waals surface area contributed by atoms with E-state index in [1.54, 1.807) is 23.2 Å². The molecular weight excluding hydrogens is 302 g/mol. The third-order valence-corrected chi connectivity index (χ3v) is 3.44. The Kier molecular flexibility index (Phi) is 4.53. The number of rotatable bonds is 4. The maximum Gasteiger partial charge on any atom is 0.262 e. The van der Waals surface area contributed by atoms with Crippen LogP contribution in [0.5, 0.6) is 0 Å². The van der Waals surface area contributed by atoms with Crippen LogP contribution in [-0.2, 0) is 5.33 Å². The van der Waals surface area contributed by atoms with Crippen molar-refractivity contribution >= 4 is 27.5 Å². The third-order valence-electron chi connectivity index (χ3n) is 2.79. The minimum Gasteiger partial charge on any atom is -0.284 e. The summed E-state index contributed by atoms with van der Waals surface area (Å²) in [6.07, 6.45) is 1.54. The first-order valence-corrected chi connectivity index (χ1v) is 7.04. The van der Waals surface area contributed by atoms with E-state index in [9.17, 15) is 4.79 Å². The first-order valence-electron chi connectivity index (χ1n) is 5.92. The van der Waals surface area contributed by atoms with Crippen molar-refractivity contribution in [1.29, 1.82) is 0 Å². The quantitative estimate of drug-likeness (QED) is 0.767. The highest BCUT2D eigenvalue weighted by molar-refractivity contribution is 9.08. The second-order valence-electron chi connectivity index (χ2n) is 4.02. The first-order chi connectivity index (χ1) is 9.26. The second-order valence-corrected chi connectivity index (χ2v) is 4.58. The highest BCUT2D eigenvalue weighted by Crippen LogP contribution is 2.19. The number of nitrogens with zero attached hydrogens (tertiary/aromatic N) is 1. The summed E-state index contributed by atoms with van der Waals surface area (Å²) in [4.78, 5) is 13.9. The Balaban J connectivity index is 2.29. The van der Waals surface area contributed by atoms with E-state index >= 15 is 0 Å². The normalized spacial score (nSPS) is 9.95. The number of carbonyl (C=O) groups excluding carboxylic acids is 1. The van der Waals surface area contributed by atoms with Crippen LogP contribution in [0, 0.1) is 0 Å². The van der Waals surface area contributed by atoms with Crippen LogP contribution in [0.3, 0.4) is 0 Å². The molecule has 0 spiro atoms. The molecule has 96 valence electrons. The van der Waals surface area contributed by atoms with Crippen LogP contribution < -0.4 is 4.90 Å². The van der Waals surface area contributed by atoms with E-state index in [1.807, 2.05) is 42.5 Å². The van der Waals surface area contributed by atoms with E-state index in [0.29, 0.717) is 5.56 Å². The van der Waals surface area contributed by atoms with E-state index in [1.165, 1.54) is 5.56 Å². The molecular formula is C16H14BrNO. The minimum atomic E-state index is -0.0813. The Bertz CT molecular complexity index is 563. The van der Waals surface area contributed by atoms with Crippen molar-refractivity contribution in [3.05, 3.63) is 78.5 Å². The molecule has 0 aliphatic carbocycles. The molecule has 0 saturated carbocycles. The van der Waals surface area contributed by atoms with Gasteiger partial charge in [0.25, 0.3) is 5.91 Å². The number of benzene rings is 2. The van der Waals surface area contributed by atoms with Gasteiger partial charge in [-0.1, -0.05) is 52.8 Å². The number of anilines is 1. The van der Waals surface area contributed by atoms with Crippen LogP contribution in [0.4, 0.5) is 5.69 Å². The van der Waals surface area contributed by atoms with Gasteiger partial charge in [-0.15, -0.1) is 0 Å². The molecule has 2 rings (SSSR count). The smallest absolute Gasteiger partial charge is 0.262 e. The molecule has 0 aliphatic heterocycles. The highest BCUT2D eigenvalue weighted by Gasteiger charge is 2.14. The highest BCUT2D eigenvalue weighted by atomic mass is 79.9. The molecule has 2 aromatic rings. The first kappa shape index (κ1) is 13.6. The fourth-order valence-electron chi connectivity index (χ4n) is 1.77. The molecule has 0 aliphatic rings. The monoisotopic (exact) mass is 315 g/mol. The molecule has 3 heteroatoms. The van der Waals surface area contributed by atoms with E-state index in [0.717, 1.165) is 11.0 Å². The average Bonchev–Trinajstić information content (AvgIpc) is 2.49. The van der Waals surface area contributed by atoms with Crippen LogP contribution in [0.25, 0.3) is 0 Å². The lowest BCUT2D eigenvalue weighted by molar-refractivity contribution is 0.0998. The van der Waals surface area contributed by atoms with Gasteiger partial charge in [0, 0.05) is 22.8 Å². The maximum atomic E-state index is 12.4. The predicted molar refractivity (Wildman–Crippen MR) is 82.5 cm³/mol. The number of halogens is 1. The number of hydrogen-bond donors (Lipinski definition) is 0. The topological polar surface area (TPSA) is 20.3 Å². The summed E-state index contributed by atoms with van der Waals surface area (Å²) in [7, 11) is 0. The lowest BCUT2D eigenvalue weighted by Gasteiger charge is -2.18. The van der Waals surface area contributed by atoms with Gasteiger partial charge in [0.2, 0.25) is 0 Å². The number of hydrogen-bond acceptors (Lipinski definition) is 1. The van der Waals surface area contributed by atoms with E-state index in [4.69, 9.17) is 0 Å². The number of amides is 1.